The van der Waals surface area contributed by atoms with Gasteiger partial charge < -0.3 is 14.6 Å². The summed E-state index contributed by atoms with van der Waals surface area (Å²) in [5.74, 6) is -1.04. The van der Waals surface area contributed by atoms with Gasteiger partial charge in [-0.15, -0.1) is 0 Å². The van der Waals surface area contributed by atoms with E-state index in [1.54, 1.807) is 7.11 Å². The number of ether oxygens (including phenoxy) is 1. The molecule has 36 heavy (non-hydrogen) atoms. The molecule has 186 valence electrons. The van der Waals surface area contributed by atoms with Crippen molar-refractivity contribution in [2.45, 2.75) is 19.1 Å². The summed E-state index contributed by atoms with van der Waals surface area (Å²) in [5, 5.41) is 12.4. The molecule has 0 spiro atoms. The van der Waals surface area contributed by atoms with Crippen LogP contribution >= 0.6 is 0 Å². The Morgan fingerprint density at radius 2 is 1.53 bits per heavy atom. The van der Waals surface area contributed by atoms with Crippen molar-refractivity contribution < 1.29 is 32.4 Å². The molecule has 0 fully saturated rings. The van der Waals surface area contributed by atoms with Crippen LogP contribution in [0.3, 0.4) is 0 Å². The highest BCUT2D eigenvalue weighted by Crippen LogP contribution is 2.30. The molecule has 1 aliphatic heterocycles. The van der Waals surface area contributed by atoms with Gasteiger partial charge in [0.15, 0.2) is 5.75 Å². The zero-order valence-corrected chi connectivity index (χ0v) is 19.5. The van der Waals surface area contributed by atoms with Crippen LogP contribution in [0.5, 0.6) is 5.75 Å². The number of hydrogen-bond donors (Lipinski definition) is 1. The lowest BCUT2D eigenvalue weighted by Gasteiger charge is -2.14. The van der Waals surface area contributed by atoms with Crippen molar-refractivity contribution in [2.75, 3.05) is 19.0 Å². The van der Waals surface area contributed by atoms with E-state index in [1.807, 2.05) is 24.3 Å². The highest BCUT2D eigenvalue weighted by molar-refractivity contribution is 5.71. The SMILES string of the molecule is COc1ccccc1-[n+]1cc(-c2ccc(-c3ccccc3)cc2)n2c1NCCC2.O=C([O-])C(F)(F)F. The van der Waals surface area contributed by atoms with Crippen LogP contribution < -0.4 is 19.7 Å². The first-order valence-electron chi connectivity index (χ1n) is 11.3. The number of alkyl halides is 3. The maximum Gasteiger partial charge on any atom is 0.430 e. The zero-order valence-electron chi connectivity index (χ0n) is 19.5. The van der Waals surface area contributed by atoms with E-state index in [4.69, 9.17) is 14.6 Å². The van der Waals surface area contributed by atoms with Crippen molar-refractivity contribution in [1.82, 2.24) is 4.57 Å². The quantitative estimate of drug-likeness (QED) is 0.431. The second kappa shape index (κ2) is 10.6. The molecular weight excluding hydrogens is 471 g/mol. The number of halogens is 3. The van der Waals surface area contributed by atoms with Gasteiger partial charge in [-0.1, -0.05) is 66.7 Å². The summed E-state index contributed by atoms with van der Waals surface area (Å²) in [5.41, 5.74) is 5.93. The highest BCUT2D eigenvalue weighted by Gasteiger charge is 2.29. The summed E-state index contributed by atoms with van der Waals surface area (Å²) < 4.78 is 41.7. The summed E-state index contributed by atoms with van der Waals surface area (Å²) in [7, 11) is 1.72. The topological polar surface area (TPSA) is 70.2 Å². The number of benzene rings is 3. The third kappa shape index (κ3) is 5.35. The molecule has 0 unspecified atom stereocenters. The van der Waals surface area contributed by atoms with Crippen molar-refractivity contribution in [3.8, 4) is 33.8 Å². The smallest absolute Gasteiger partial charge is 0.430 e. The molecule has 3 aromatic carbocycles. The number of carbonyl (C=O) groups is 1. The van der Waals surface area contributed by atoms with Crippen molar-refractivity contribution in [1.29, 1.82) is 0 Å². The Morgan fingerprint density at radius 1 is 0.944 bits per heavy atom. The summed E-state index contributed by atoms with van der Waals surface area (Å²) in [6.07, 6.45) is -1.87. The number of methoxy groups -OCH3 is 1. The molecule has 0 saturated carbocycles. The number of carboxylic acids is 1. The number of imidazole rings is 1. The molecular formula is C27H24F3N3O3. The van der Waals surface area contributed by atoms with Crippen LogP contribution in [-0.2, 0) is 11.3 Å². The van der Waals surface area contributed by atoms with Gasteiger partial charge in [0.05, 0.1) is 20.2 Å². The minimum atomic E-state index is -5.19. The minimum Gasteiger partial charge on any atom is -0.542 e. The average molecular weight is 496 g/mol. The van der Waals surface area contributed by atoms with Crippen LogP contribution in [-0.4, -0.2) is 30.4 Å². The molecule has 1 aromatic heterocycles. The number of nitrogens with one attached hydrogen (secondary N) is 1. The summed E-state index contributed by atoms with van der Waals surface area (Å²) >= 11 is 0. The molecule has 0 radical (unpaired) electrons. The summed E-state index contributed by atoms with van der Waals surface area (Å²) in [6, 6.07) is 27.5. The van der Waals surface area contributed by atoms with Gasteiger partial charge in [-0.05, 0) is 23.3 Å². The number of aliphatic carboxylic acids is 1. The van der Waals surface area contributed by atoms with Gasteiger partial charge in [0, 0.05) is 12.0 Å². The van der Waals surface area contributed by atoms with Gasteiger partial charge in [-0.2, -0.15) is 17.7 Å². The fourth-order valence-corrected chi connectivity index (χ4v) is 4.05. The van der Waals surface area contributed by atoms with E-state index in [-0.39, 0.29) is 0 Å². The number of carbonyl (C=O) groups excluding carboxylic acids is 1. The number of nitrogens with zero attached hydrogens (tertiary/aromatic N) is 2. The molecule has 1 N–H and O–H groups in total. The van der Waals surface area contributed by atoms with Crippen molar-refractivity contribution in [3.63, 3.8) is 0 Å². The molecule has 0 amide bonds. The fourth-order valence-electron chi connectivity index (χ4n) is 4.05. The normalized spacial score (nSPS) is 12.6. The first kappa shape index (κ1) is 24.8. The first-order chi connectivity index (χ1) is 17.3. The Bertz CT molecular complexity index is 1330. The first-order valence-corrected chi connectivity index (χ1v) is 11.3. The Balaban J connectivity index is 0.000000384. The predicted molar refractivity (Wildman–Crippen MR) is 128 cm³/mol. The Labute approximate surface area is 206 Å². The van der Waals surface area contributed by atoms with Gasteiger partial charge in [0.2, 0.25) is 0 Å². The lowest BCUT2D eigenvalue weighted by atomic mass is 10.0. The van der Waals surface area contributed by atoms with Gasteiger partial charge in [0.25, 0.3) is 0 Å². The van der Waals surface area contributed by atoms with Gasteiger partial charge in [0.1, 0.15) is 23.5 Å². The minimum absolute atomic E-state index is 0.865. The summed E-state index contributed by atoms with van der Waals surface area (Å²) in [4.78, 5) is 8.78. The van der Waals surface area contributed by atoms with Crippen LogP contribution in [0.4, 0.5) is 19.1 Å². The van der Waals surface area contributed by atoms with Gasteiger partial charge in [-0.3, -0.25) is 5.32 Å². The molecule has 4 aromatic rings. The number of aromatic nitrogens is 2. The molecule has 6 nitrogen and oxygen atoms in total. The van der Waals surface area contributed by atoms with Gasteiger partial charge in [-0.25, -0.2) is 4.57 Å². The van der Waals surface area contributed by atoms with E-state index in [0.29, 0.717) is 0 Å². The van der Waals surface area contributed by atoms with E-state index in [2.05, 4.69) is 75.2 Å². The zero-order chi connectivity index (χ0) is 25.7. The third-order valence-corrected chi connectivity index (χ3v) is 5.73. The largest absolute Gasteiger partial charge is 0.542 e. The second-order valence-electron chi connectivity index (χ2n) is 8.04. The van der Waals surface area contributed by atoms with Crippen molar-refractivity contribution in [3.05, 3.63) is 85.1 Å². The maximum atomic E-state index is 10.5. The van der Waals surface area contributed by atoms with E-state index in [0.717, 1.165) is 36.9 Å². The number of fused-ring (bicyclic) bond motifs is 1. The maximum absolute atomic E-state index is 10.5. The van der Waals surface area contributed by atoms with E-state index in [1.165, 1.54) is 22.4 Å². The molecule has 0 aliphatic carbocycles. The Hall–Kier alpha value is -4.27. The molecule has 0 saturated heterocycles. The van der Waals surface area contributed by atoms with Crippen molar-refractivity contribution >= 4 is 11.9 Å². The predicted octanol–water partition coefficient (Wildman–Crippen LogP) is 4.22. The monoisotopic (exact) mass is 495 g/mol. The Kier molecular flexibility index (Phi) is 7.28. The van der Waals surface area contributed by atoms with Crippen LogP contribution in [0, 0.1) is 0 Å². The van der Waals surface area contributed by atoms with Crippen LogP contribution in [0.15, 0.2) is 85.1 Å². The van der Waals surface area contributed by atoms with E-state index >= 15 is 0 Å². The number of para-hydroxylation sites is 2. The average Bonchev–Trinajstić information content (AvgIpc) is 3.29. The van der Waals surface area contributed by atoms with E-state index in [9.17, 15) is 13.2 Å². The fraction of sp³-hybridized carbons (Fsp3) is 0.185. The highest BCUT2D eigenvalue weighted by atomic mass is 19.4. The number of carboxylic acid groups (broad SMARTS) is 1. The molecule has 1 aliphatic rings. The molecule has 2 heterocycles. The lowest BCUT2D eigenvalue weighted by Crippen LogP contribution is -2.37. The molecule has 9 heteroatoms. The molecule has 0 bridgehead atoms. The number of anilines is 1. The Morgan fingerprint density at radius 3 is 2.17 bits per heavy atom. The van der Waals surface area contributed by atoms with Gasteiger partial charge >= 0.3 is 12.1 Å². The second-order valence-corrected chi connectivity index (χ2v) is 8.04. The standard InChI is InChI=1S/C25H23N3O.C2HF3O2/c1-29-24-11-6-5-10-22(24)28-18-23(27-17-7-16-26-25(27)28)21-14-12-20(13-15-21)19-8-3-2-4-9-19;3-2(4,5)1(6)7/h2-6,8-15,18H,7,16-17H2,1H3;(H,6,7). The van der Waals surface area contributed by atoms with E-state index < -0.39 is 12.1 Å². The van der Waals surface area contributed by atoms with Crippen LogP contribution in [0.1, 0.15) is 6.42 Å². The number of rotatable bonds is 4. The number of hydrogen-bond acceptors (Lipinski definition) is 4. The van der Waals surface area contributed by atoms with Crippen LogP contribution in [0.2, 0.25) is 0 Å². The van der Waals surface area contributed by atoms with Crippen molar-refractivity contribution in [2.24, 2.45) is 0 Å². The lowest BCUT2D eigenvalue weighted by molar-refractivity contribution is -0.580. The molecule has 5 rings (SSSR count). The summed E-state index contributed by atoms with van der Waals surface area (Å²) in [6.45, 7) is 1.98. The van der Waals surface area contributed by atoms with Crippen LogP contribution in [0.25, 0.3) is 28.1 Å². The third-order valence-electron chi connectivity index (χ3n) is 5.73. The molecule has 0 atom stereocenters.